The van der Waals surface area contributed by atoms with Gasteiger partial charge >= 0.3 is 5.97 Å². The molecule has 4 atom stereocenters. The van der Waals surface area contributed by atoms with Crippen LogP contribution in [0.15, 0.2) is 0 Å². The lowest BCUT2D eigenvalue weighted by atomic mass is 10.00. The summed E-state index contributed by atoms with van der Waals surface area (Å²) in [5.74, 6) is -1.06. The summed E-state index contributed by atoms with van der Waals surface area (Å²) < 4.78 is 35.2. The lowest BCUT2D eigenvalue weighted by Crippen LogP contribution is -2.38. The Morgan fingerprint density at radius 2 is 2.06 bits per heavy atom. The number of rotatable bonds is 5. The Bertz CT molecular complexity index is 429. The zero-order chi connectivity index (χ0) is 13.9. The van der Waals surface area contributed by atoms with Crippen LogP contribution in [0.1, 0.15) is 39.0 Å². The summed E-state index contributed by atoms with van der Waals surface area (Å²) in [6.07, 6.45) is 3.78. The molecule has 0 radical (unpaired) electrons. The minimum Gasteiger partial charge on any atom is -0.480 e. The molecule has 1 fully saturated rings. The second-order valence-electron chi connectivity index (χ2n) is 4.80. The Balaban J connectivity index is 2.78. The van der Waals surface area contributed by atoms with Crippen molar-refractivity contribution in [3.63, 3.8) is 0 Å². The van der Waals surface area contributed by atoms with Crippen molar-refractivity contribution in [1.82, 2.24) is 0 Å². The number of carboxylic acid groups (broad SMARTS) is 1. The van der Waals surface area contributed by atoms with Gasteiger partial charge in [0.2, 0.25) is 0 Å². The summed E-state index contributed by atoms with van der Waals surface area (Å²) in [5, 5.41) is 7.34. The van der Waals surface area contributed by atoms with Crippen molar-refractivity contribution in [3.05, 3.63) is 0 Å². The van der Waals surface area contributed by atoms with Crippen molar-refractivity contribution < 1.29 is 22.5 Å². The van der Waals surface area contributed by atoms with Crippen LogP contribution in [0.25, 0.3) is 0 Å². The monoisotopic (exact) mass is 296 g/mol. The van der Waals surface area contributed by atoms with Crippen molar-refractivity contribution >= 4 is 26.6 Å². The maximum atomic E-state index is 12.2. The first kappa shape index (κ1) is 15.6. The zero-order valence-corrected chi connectivity index (χ0v) is 12.3. The van der Waals surface area contributed by atoms with Crippen LogP contribution in [0.4, 0.5) is 0 Å². The minimum absolute atomic E-state index is 0.306. The van der Waals surface area contributed by atoms with Gasteiger partial charge in [0.05, 0.1) is 5.25 Å². The van der Waals surface area contributed by atoms with Gasteiger partial charge in [0.15, 0.2) is 0 Å². The van der Waals surface area contributed by atoms with Crippen molar-refractivity contribution in [2.45, 2.75) is 54.8 Å². The van der Waals surface area contributed by atoms with Gasteiger partial charge in [0.25, 0.3) is 0 Å². The van der Waals surface area contributed by atoms with E-state index in [4.69, 9.17) is 5.11 Å². The number of carboxylic acids is 1. The highest BCUT2D eigenvalue weighted by atomic mass is 32.2. The smallest absolute Gasteiger partial charge is 0.319 e. The maximum absolute atomic E-state index is 12.2. The molecule has 0 aromatic rings. The number of aliphatic carboxylic acids is 1. The van der Waals surface area contributed by atoms with Gasteiger partial charge in [-0.2, -0.15) is 0 Å². The number of hydrogen-bond donors (Lipinski definition) is 1. The summed E-state index contributed by atoms with van der Waals surface area (Å²) in [6, 6.07) is 0. The number of hydrogen-bond acceptors (Lipinski definition) is 4. The van der Waals surface area contributed by atoms with Crippen LogP contribution in [0.2, 0.25) is 0 Å². The molecule has 106 valence electrons. The van der Waals surface area contributed by atoms with E-state index in [0.29, 0.717) is 32.1 Å². The van der Waals surface area contributed by atoms with Crippen molar-refractivity contribution in [2.24, 2.45) is 0 Å². The Hall–Kier alpha value is -0.430. The molecule has 0 amide bonds. The first-order valence-corrected chi connectivity index (χ1v) is 9.31. The van der Waals surface area contributed by atoms with E-state index in [2.05, 4.69) is 0 Å². The quantitative estimate of drug-likeness (QED) is 0.816. The number of carbonyl (C=O) groups is 1. The second kappa shape index (κ2) is 6.14. The van der Waals surface area contributed by atoms with Crippen molar-refractivity contribution in [2.75, 3.05) is 6.26 Å². The van der Waals surface area contributed by atoms with Crippen LogP contribution in [0, 0.1) is 0 Å². The van der Waals surface area contributed by atoms with Crippen LogP contribution in [0.5, 0.6) is 0 Å². The SMILES string of the molecule is CCC(C(=O)O)S(=O)C1CCCC(S(C)(=O)=O)C1. The maximum Gasteiger partial charge on any atom is 0.319 e. The molecule has 0 aliphatic heterocycles. The number of sulfone groups is 1. The highest BCUT2D eigenvalue weighted by molar-refractivity contribution is 7.91. The topological polar surface area (TPSA) is 88.5 Å². The Kier molecular flexibility index (Phi) is 5.33. The van der Waals surface area contributed by atoms with E-state index in [1.165, 1.54) is 6.26 Å². The Morgan fingerprint density at radius 3 is 2.50 bits per heavy atom. The van der Waals surface area contributed by atoms with Crippen LogP contribution >= 0.6 is 0 Å². The molecule has 1 saturated carbocycles. The molecule has 1 aliphatic rings. The predicted molar refractivity (Wildman–Crippen MR) is 70.7 cm³/mol. The minimum atomic E-state index is -3.13. The van der Waals surface area contributed by atoms with Crippen molar-refractivity contribution in [3.8, 4) is 0 Å². The molecule has 0 bridgehead atoms. The van der Waals surface area contributed by atoms with Gasteiger partial charge in [-0.1, -0.05) is 13.3 Å². The standard InChI is InChI=1S/C11H20O5S2/c1-3-10(11(12)13)17(14)8-5-4-6-9(7-8)18(2,15)16/h8-10H,3-7H2,1-2H3,(H,12,13). The lowest BCUT2D eigenvalue weighted by Gasteiger charge is -2.28. The van der Waals surface area contributed by atoms with Crippen LogP contribution < -0.4 is 0 Å². The largest absolute Gasteiger partial charge is 0.480 e. The molecule has 5 nitrogen and oxygen atoms in total. The third kappa shape index (κ3) is 3.78. The van der Waals surface area contributed by atoms with Gasteiger partial charge in [0, 0.05) is 22.3 Å². The van der Waals surface area contributed by atoms with E-state index in [-0.39, 0.29) is 5.25 Å². The molecule has 7 heteroatoms. The molecule has 0 saturated heterocycles. The Labute approximate surface area is 110 Å². The van der Waals surface area contributed by atoms with Crippen molar-refractivity contribution in [1.29, 1.82) is 0 Å². The van der Waals surface area contributed by atoms with E-state index in [1.54, 1.807) is 6.92 Å². The zero-order valence-electron chi connectivity index (χ0n) is 10.7. The van der Waals surface area contributed by atoms with Crippen LogP contribution in [-0.4, -0.2) is 45.7 Å². The molecule has 1 aliphatic carbocycles. The van der Waals surface area contributed by atoms with Gasteiger partial charge in [-0.3, -0.25) is 9.00 Å². The molecule has 18 heavy (non-hydrogen) atoms. The summed E-state index contributed by atoms with van der Waals surface area (Å²) >= 11 is 0. The molecule has 1 rings (SSSR count). The highest BCUT2D eigenvalue weighted by Gasteiger charge is 2.36. The molecule has 1 N–H and O–H groups in total. The van der Waals surface area contributed by atoms with E-state index in [9.17, 15) is 17.4 Å². The van der Waals surface area contributed by atoms with Gasteiger partial charge in [0.1, 0.15) is 15.1 Å². The fraction of sp³-hybridized carbons (Fsp3) is 0.909. The lowest BCUT2D eigenvalue weighted by molar-refractivity contribution is -0.136. The van der Waals surface area contributed by atoms with Gasteiger partial charge in [-0.05, 0) is 25.7 Å². The Morgan fingerprint density at radius 1 is 1.44 bits per heavy atom. The molecule has 4 unspecified atom stereocenters. The summed E-state index contributed by atoms with van der Waals surface area (Å²) in [5.41, 5.74) is 0. The predicted octanol–water partition coefficient (Wildman–Crippen LogP) is 0.954. The molecule has 0 aromatic carbocycles. The van der Waals surface area contributed by atoms with Gasteiger partial charge in [-0.15, -0.1) is 0 Å². The average Bonchev–Trinajstić information content (AvgIpc) is 2.28. The first-order chi connectivity index (χ1) is 8.27. The highest BCUT2D eigenvalue weighted by Crippen LogP contribution is 2.29. The molecular weight excluding hydrogens is 276 g/mol. The summed E-state index contributed by atoms with van der Waals surface area (Å²) in [6.45, 7) is 1.69. The normalized spacial score (nSPS) is 28.6. The third-order valence-electron chi connectivity index (χ3n) is 3.44. The fourth-order valence-electron chi connectivity index (χ4n) is 2.37. The molecular formula is C11H20O5S2. The third-order valence-corrected chi connectivity index (χ3v) is 7.26. The fourth-order valence-corrected chi connectivity index (χ4v) is 5.48. The van der Waals surface area contributed by atoms with E-state index < -0.39 is 37.1 Å². The first-order valence-electron chi connectivity index (χ1n) is 6.08. The van der Waals surface area contributed by atoms with Gasteiger partial charge in [-0.25, -0.2) is 8.42 Å². The van der Waals surface area contributed by atoms with Crippen LogP contribution in [-0.2, 0) is 25.4 Å². The van der Waals surface area contributed by atoms with E-state index in [1.807, 2.05) is 0 Å². The summed E-state index contributed by atoms with van der Waals surface area (Å²) in [4.78, 5) is 11.0. The van der Waals surface area contributed by atoms with E-state index in [0.717, 1.165) is 0 Å². The average molecular weight is 296 g/mol. The summed E-state index contributed by atoms with van der Waals surface area (Å²) in [7, 11) is -4.62. The molecule has 0 aromatic heterocycles. The molecule has 0 spiro atoms. The van der Waals surface area contributed by atoms with Gasteiger partial charge < -0.3 is 5.11 Å². The van der Waals surface area contributed by atoms with Crippen LogP contribution in [0.3, 0.4) is 0 Å². The van der Waals surface area contributed by atoms with E-state index >= 15 is 0 Å². The second-order valence-corrected chi connectivity index (χ2v) is 9.02. The molecule has 0 heterocycles.